The van der Waals surface area contributed by atoms with Crippen LogP contribution in [0.1, 0.15) is 23.7 Å². The quantitative estimate of drug-likeness (QED) is 0.310. The minimum Gasteiger partial charge on any atom is -0.481 e. The first-order valence-electron chi connectivity index (χ1n) is 11.6. The summed E-state index contributed by atoms with van der Waals surface area (Å²) in [5.74, 6) is 4.68. The molecule has 190 valence electrons. The highest BCUT2D eigenvalue weighted by Gasteiger charge is 2.28. The molecule has 2 N–H and O–H groups in total. The van der Waals surface area contributed by atoms with Crippen LogP contribution in [0, 0.1) is 18.8 Å². The van der Waals surface area contributed by atoms with Gasteiger partial charge < -0.3 is 14.4 Å². The molecule has 8 nitrogen and oxygen atoms in total. The van der Waals surface area contributed by atoms with Crippen molar-refractivity contribution < 1.29 is 23.1 Å². The van der Waals surface area contributed by atoms with E-state index in [2.05, 4.69) is 26.1 Å². The van der Waals surface area contributed by atoms with Crippen molar-refractivity contribution in [1.82, 2.24) is 14.3 Å². The zero-order valence-corrected chi connectivity index (χ0v) is 21.3. The van der Waals surface area contributed by atoms with E-state index >= 15 is 0 Å². The van der Waals surface area contributed by atoms with E-state index in [0.29, 0.717) is 12.3 Å². The molecule has 0 fully saturated rings. The van der Waals surface area contributed by atoms with Gasteiger partial charge in [-0.25, -0.2) is 8.42 Å². The minimum absolute atomic E-state index is 0.0160. The summed E-state index contributed by atoms with van der Waals surface area (Å²) in [5, 5.41) is 10.8. The summed E-state index contributed by atoms with van der Waals surface area (Å²) in [5.41, 5.74) is 3.58. The van der Waals surface area contributed by atoms with Crippen LogP contribution in [-0.2, 0) is 27.8 Å². The van der Waals surface area contributed by atoms with Gasteiger partial charge in [-0.15, -0.1) is 5.92 Å². The largest absolute Gasteiger partial charge is 0.481 e. The van der Waals surface area contributed by atoms with Gasteiger partial charge in [0.2, 0.25) is 10.0 Å². The topological polar surface area (TPSA) is 111 Å². The molecule has 37 heavy (non-hydrogen) atoms. The summed E-state index contributed by atoms with van der Waals surface area (Å²) in [4.78, 5) is 16.3. The number of ether oxygens (including phenoxy) is 1. The van der Waals surface area contributed by atoms with Crippen LogP contribution in [0.5, 0.6) is 5.75 Å². The van der Waals surface area contributed by atoms with Gasteiger partial charge in [-0.1, -0.05) is 30.2 Å². The molecule has 4 aromatic rings. The molecule has 0 aliphatic rings. The second kappa shape index (κ2) is 11.3. The number of rotatable bonds is 10. The number of carbonyl (C=O) groups is 1. The van der Waals surface area contributed by atoms with Gasteiger partial charge in [0, 0.05) is 42.0 Å². The summed E-state index contributed by atoms with van der Waals surface area (Å²) < 4.78 is 36.0. The van der Waals surface area contributed by atoms with Crippen LogP contribution in [0.15, 0.2) is 78.0 Å². The zero-order valence-electron chi connectivity index (χ0n) is 20.5. The molecule has 2 heterocycles. The third-order valence-corrected chi connectivity index (χ3v) is 7.54. The second-order valence-electron chi connectivity index (χ2n) is 8.43. The molecule has 2 aromatic carbocycles. The van der Waals surface area contributed by atoms with Crippen molar-refractivity contribution in [3.63, 3.8) is 0 Å². The molecule has 4 rings (SSSR count). The van der Waals surface area contributed by atoms with Crippen molar-refractivity contribution in [3.8, 4) is 17.6 Å². The van der Waals surface area contributed by atoms with Gasteiger partial charge in [-0.2, -0.15) is 4.72 Å². The van der Waals surface area contributed by atoms with Crippen LogP contribution in [0.25, 0.3) is 10.9 Å². The van der Waals surface area contributed by atoms with Gasteiger partial charge in [0.15, 0.2) is 0 Å². The van der Waals surface area contributed by atoms with E-state index in [4.69, 9.17) is 4.74 Å². The lowest BCUT2D eigenvalue weighted by molar-refractivity contribution is -0.138. The van der Waals surface area contributed by atoms with Crippen LogP contribution < -0.4 is 9.46 Å². The van der Waals surface area contributed by atoms with Crippen LogP contribution in [0.2, 0.25) is 0 Å². The molecule has 0 bridgehead atoms. The molecule has 0 amide bonds. The van der Waals surface area contributed by atoms with Crippen molar-refractivity contribution >= 4 is 26.9 Å². The average Bonchev–Trinajstić information content (AvgIpc) is 3.15. The average molecular weight is 518 g/mol. The fourth-order valence-corrected chi connectivity index (χ4v) is 5.37. The number of fused-ring (bicyclic) bond motifs is 1. The molecule has 0 saturated carbocycles. The fraction of sp³-hybridized carbons (Fsp3) is 0.214. The van der Waals surface area contributed by atoms with Gasteiger partial charge in [0.25, 0.3) is 0 Å². The van der Waals surface area contributed by atoms with E-state index < -0.39 is 22.0 Å². The molecule has 0 radical (unpaired) electrons. The van der Waals surface area contributed by atoms with Crippen LogP contribution in [0.3, 0.4) is 0 Å². The van der Waals surface area contributed by atoms with Gasteiger partial charge in [0.05, 0.1) is 4.90 Å². The maximum atomic E-state index is 13.1. The molecule has 0 unspecified atom stereocenters. The number of aliphatic carboxylic acids is 1. The maximum absolute atomic E-state index is 13.1. The Bertz CT molecular complexity index is 1570. The number of carboxylic acids is 1. The molecule has 2 aromatic heterocycles. The number of aromatic nitrogens is 2. The number of hydrogen-bond donors (Lipinski definition) is 2. The molecular weight excluding hydrogens is 490 g/mol. The van der Waals surface area contributed by atoms with Crippen molar-refractivity contribution in [2.45, 2.75) is 37.8 Å². The van der Waals surface area contributed by atoms with E-state index in [0.717, 1.165) is 27.7 Å². The number of carboxylic acid groups (broad SMARTS) is 1. The fourth-order valence-electron chi connectivity index (χ4n) is 4.18. The Balaban J connectivity index is 1.61. The number of nitrogens with zero attached hydrogens (tertiary/aromatic N) is 2. The highest BCUT2D eigenvalue weighted by molar-refractivity contribution is 7.89. The van der Waals surface area contributed by atoms with E-state index in [1.807, 2.05) is 43.3 Å². The Labute approximate surface area is 216 Å². The maximum Gasteiger partial charge on any atom is 0.322 e. The lowest BCUT2D eigenvalue weighted by atomic mass is 10.0. The summed E-state index contributed by atoms with van der Waals surface area (Å²) in [6.07, 6.45) is 3.48. The summed E-state index contributed by atoms with van der Waals surface area (Å²) in [6.45, 7) is 4.36. The van der Waals surface area contributed by atoms with E-state index in [1.54, 1.807) is 19.3 Å². The molecule has 9 heteroatoms. The predicted octanol–water partition coefficient (Wildman–Crippen LogP) is 3.77. The smallest absolute Gasteiger partial charge is 0.322 e. The van der Waals surface area contributed by atoms with Crippen molar-refractivity contribution in [3.05, 3.63) is 89.9 Å². The van der Waals surface area contributed by atoms with E-state index in [-0.39, 0.29) is 17.9 Å². The standard InChI is InChI=1S/C28H27N3O5S/c1-3-4-16-36-22-11-13-23(14-12-22)37(34,35)30-26(28(32)33)17-25-20(2)31(19-21-8-7-15-29-18-21)27-10-6-5-9-24(25)27/h5-15,18,26,30H,16-17,19H2,1-2H3,(H,32,33)/t26-/m0/s1. The van der Waals surface area contributed by atoms with Crippen molar-refractivity contribution in [2.75, 3.05) is 6.61 Å². The number of hydrogen-bond acceptors (Lipinski definition) is 5. The SMILES string of the molecule is CC#CCOc1ccc(S(=O)(=O)N[C@@H](Cc2c(C)n(Cc3cccnc3)c3ccccc23)C(=O)O)cc1. The number of pyridine rings is 1. The Hall–Kier alpha value is -4.13. The molecule has 0 aliphatic heterocycles. The molecule has 0 spiro atoms. The number of sulfonamides is 1. The van der Waals surface area contributed by atoms with Gasteiger partial charge in [-0.3, -0.25) is 9.78 Å². The van der Waals surface area contributed by atoms with E-state index in [9.17, 15) is 18.3 Å². The number of benzene rings is 2. The highest BCUT2D eigenvalue weighted by Crippen LogP contribution is 2.28. The normalized spacial score (nSPS) is 12.1. The number of para-hydroxylation sites is 1. The monoisotopic (exact) mass is 517 g/mol. The summed E-state index contributed by atoms with van der Waals surface area (Å²) >= 11 is 0. The van der Waals surface area contributed by atoms with Crippen LogP contribution in [0.4, 0.5) is 0 Å². The van der Waals surface area contributed by atoms with Gasteiger partial charge in [0.1, 0.15) is 18.4 Å². The lowest BCUT2D eigenvalue weighted by Gasteiger charge is -2.16. The van der Waals surface area contributed by atoms with Gasteiger partial charge >= 0.3 is 5.97 Å². The van der Waals surface area contributed by atoms with E-state index in [1.165, 1.54) is 24.3 Å². The van der Waals surface area contributed by atoms with Crippen LogP contribution >= 0.6 is 0 Å². The zero-order chi connectivity index (χ0) is 26.4. The van der Waals surface area contributed by atoms with Gasteiger partial charge in [-0.05, 0) is 61.4 Å². The molecule has 0 aliphatic carbocycles. The van der Waals surface area contributed by atoms with Crippen LogP contribution in [-0.4, -0.2) is 41.7 Å². The predicted molar refractivity (Wildman–Crippen MR) is 141 cm³/mol. The third-order valence-electron chi connectivity index (χ3n) is 6.05. The van der Waals surface area contributed by atoms with Crippen molar-refractivity contribution in [2.24, 2.45) is 0 Å². The first kappa shape index (κ1) is 25.9. The molecule has 1 atom stereocenters. The minimum atomic E-state index is -4.10. The Morgan fingerprint density at radius 3 is 2.57 bits per heavy atom. The number of nitrogens with one attached hydrogen (secondary N) is 1. The van der Waals surface area contributed by atoms with Crippen molar-refractivity contribution in [1.29, 1.82) is 0 Å². The third kappa shape index (κ3) is 6.00. The highest BCUT2D eigenvalue weighted by atomic mass is 32.2. The Kier molecular flexibility index (Phi) is 7.92. The Morgan fingerprint density at radius 1 is 1.14 bits per heavy atom. The summed E-state index contributed by atoms with van der Waals surface area (Å²) in [6, 6.07) is 16.0. The summed E-state index contributed by atoms with van der Waals surface area (Å²) in [7, 11) is -4.10. The Morgan fingerprint density at radius 2 is 1.89 bits per heavy atom. The lowest BCUT2D eigenvalue weighted by Crippen LogP contribution is -2.42. The first-order chi connectivity index (χ1) is 17.8. The molecular formula is C28H27N3O5S. The molecule has 0 saturated heterocycles. The first-order valence-corrected chi connectivity index (χ1v) is 13.1. The second-order valence-corrected chi connectivity index (χ2v) is 10.1.